The van der Waals surface area contributed by atoms with E-state index in [4.69, 9.17) is 22.8 Å². The third kappa shape index (κ3) is 13.1. The molecular formula is C40H68O4S. The maximum atomic E-state index is 10.9. The average Bonchev–Trinajstić information content (AvgIpc) is 2.92. The number of aryl methyl sites for hydroxylation is 2. The number of hydrogen-bond donors (Lipinski definition) is 5. The molecule has 4 N–H and O–H groups in total. The van der Waals surface area contributed by atoms with Crippen molar-refractivity contribution in [2.45, 2.75) is 162 Å². The van der Waals surface area contributed by atoms with E-state index in [0.29, 0.717) is 17.4 Å². The fourth-order valence-electron chi connectivity index (χ4n) is 6.43. The van der Waals surface area contributed by atoms with Gasteiger partial charge >= 0.3 is 0 Å². The van der Waals surface area contributed by atoms with Crippen molar-refractivity contribution in [2.24, 2.45) is 5.92 Å². The van der Waals surface area contributed by atoms with Crippen LogP contribution in [0.4, 0.5) is 0 Å². The van der Waals surface area contributed by atoms with Crippen molar-refractivity contribution in [3.63, 3.8) is 0 Å². The Labute approximate surface area is 282 Å². The quantitative estimate of drug-likeness (QED) is 0.0930. The van der Waals surface area contributed by atoms with E-state index in [1.165, 1.54) is 70.6 Å². The lowest BCUT2D eigenvalue weighted by Crippen LogP contribution is -2.28. The molecule has 2 aromatic rings. The Hall–Kier alpha value is -1.69. The molecule has 0 amide bonds. The molecule has 45 heavy (non-hydrogen) atoms. The number of phenolic OH excluding ortho intramolecular Hbond substituents is 2. The molecule has 0 aliphatic carbocycles. The van der Waals surface area contributed by atoms with Gasteiger partial charge in [0.1, 0.15) is 11.5 Å². The van der Waals surface area contributed by atoms with Crippen LogP contribution in [-0.2, 0) is 15.6 Å². The number of thiol groups is 1. The van der Waals surface area contributed by atoms with Gasteiger partial charge in [-0.15, -0.1) is 0 Å². The first-order valence-electron chi connectivity index (χ1n) is 17.6. The maximum absolute atomic E-state index is 10.9. The Morgan fingerprint density at radius 3 is 1.29 bits per heavy atom. The normalized spacial score (nSPS) is 13.0. The van der Waals surface area contributed by atoms with E-state index in [9.17, 15) is 10.2 Å². The summed E-state index contributed by atoms with van der Waals surface area (Å²) in [6.45, 7) is 21.5. The molecule has 0 spiro atoms. The summed E-state index contributed by atoms with van der Waals surface area (Å²) in [5.74, 6) is 1.19. The van der Waals surface area contributed by atoms with Gasteiger partial charge in [-0.3, -0.25) is 0 Å². The van der Waals surface area contributed by atoms with Gasteiger partial charge in [0, 0.05) is 0 Å². The topological polar surface area (TPSA) is 80.9 Å². The molecule has 258 valence electrons. The molecule has 0 aliphatic rings. The van der Waals surface area contributed by atoms with Crippen LogP contribution < -0.4 is 0 Å². The van der Waals surface area contributed by atoms with Crippen LogP contribution in [0.25, 0.3) is 0 Å². The van der Waals surface area contributed by atoms with E-state index in [2.05, 4.69) is 81.4 Å². The molecule has 0 aliphatic heterocycles. The van der Waals surface area contributed by atoms with Gasteiger partial charge in [0.25, 0.3) is 0 Å². The largest absolute Gasteiger partial charge is 0.508 e. The molecule has 0 radical (unpaired) electrons. The van der Waals surface area contributed by atoms with Crippen molar-refractivity contribution < 1.29 is 20.4 Å². The van der Waals surface area contributed by atoms with Gasteiger partial charge < -0.3 is 20.4 Å². The number of aliphatic hydroxyl groups excluding tert-OH is 2. The summed E-state index contributed by atoms with van der Waals surface area (Å²) in [7, 11) is 0. The van der Waals surface area contributed by atoms with Gasteiger partial charge in [0.05, 0.1) is 18.0 Å². The van der Waals surface area contributed by atoms with Gasteiger partial charge in [-0.05, 0) is 94.7 Å². The van der Waals surface area contributed by atoms with Crippen LogP contribution in [0.1, 0.15) is 166 Å². The molecule has 0 heterocycles. The van der Waals surface area contributed by atoms with Crippen LogP contribution in [0.5, 0.6) is 11.5 Å². The van der Waals surface area contributed by atoms with Crippen LogP contribution >= 0.6 is 12.6 Å². The minimum Gasteiger partial charge on any atom is -0.508 e. The van der Waals surface area contributed by atoms with Gasteiger partial charge in [-0.2, -0.15) is 12.6 Å². The number of benzene rings is 2. The summed E-state index contributed by atoms with van der Waals surface area (Å²) in [4.78, 5) is 0. The number of hydrogen-bond acceptors (Lipinski definition) is 5. The van der Waals surface area contributed by atoms with E-state index in [1.54, 1.807) is 0 Å². The van der Waals surface area contributed by atoms with Crippen molar-refractivity contribution >= 4 is 12.6 Å². The minimum absolute atomic E-state index is 0.125. The first kappa shape index (κ1) is 41.3. The van der Waals surface area contributed by atoms with Crippen LogP contribution in [-0.4, -0.2) is 33.6 Å². The zero-order valence-corrected chi connectivity index (χ0v) is 31.4. The molecule has 2 rings (SSSR count). The maximum Gasteiger partial charge on any atom is 0.119 e. The Morgan fingerprint density at radius 2 is 0.956 bits per heavy atom. The second kappa shape index (κ2) is 19.2. The molecule has 0 saturated heterocycles. The van der Waals surface area contributed by atoms with Gasteiger partial charge in [0.15, 0.2) is 0 Å². The second-order valence-electron chi connectivity index (χ2n) is 15.5. The number of aromatic hydroxyl groups is 2. The monoisotopic (exact) mass is 644 g/mol. The molecule has 1 unspecified atom stereocenters. The number of unbranched alkanes of at least 4 members (excludes halogenated alkanes) is 9. The zero-order chi connectivity index (χ0) is 34.4. The lowest BCUT2D eigenvalue weighted by atomic mass is 9.74. The van der Waals surface area contributed by atoms with E-state index < -0.39 is 4.75 Å². The number of phenols is 2. The average molecular weight is 645 g/mol. The smallest absolute Gasteiger partial charge is 0.119 e. The molecule has 2 aromatic carbocycles. The molecule has 5 heteroatoms. The molecule has 0 bridgehead atoms. The third-order valence-electron chi connectivity index (χ3n) is 8.99. The van der Waals surface area contributed by atoms with Crippen LogP contribution in [0.2, 0.25) is 0 Å². The highest BCUT2D eigenvalue weighted by Crippen LogP contribution is 2.49. The Kier molecular flexibility index (Phi) is 17.6. The lowest BCUT2D eigenvalue weighted by Gasteiger charge is -2.37. The zero-order valence-electron chi connectivity index (χ0n) is 30.5. The summed E-state index contributed by atoms with van der Waals surface area (Å²) in [5.41, 5.74) is 5.95. The second-order valence-corrected chi connectivity index (χ2v) is 16.2. The summed E-state index contributed by atoms with van der Waals surface area (Å²) >= 11 is 5.59. The van der Waals surface area contributed by atoms with Gasteiger partial charge in [-0.1, -0.05) is 126 Å². The van der Waals surface area contributed by atoms with Crippen LogP contribution in [0.3, 0.4) is 0 Å². The first-order valence-corrected chi connectivity index (χ1v) is 18.0. The molecule has 0 saturated carbocycles. The number of aliphatic hydroxyl groups is 2. The summed E-state index contributed by atoms with van der Waals surface area (Å²) < 4.78 is -0.548. The molecular weight excluding hydrogens is 577 g/mol. The van der Waals surface area contributed by atoms with Crippen LogP contribution in [0, 0.1) is 19.8 Å². The Balaban J connectivity index is 0.00000238. The molecule has 4 nitrogen and oxygen atoms in total. The summed E-state index contributed by atoms with van der Waals surface area (Å²) in [6.07, 6.45) is 15.6. The summed E-state index contributed by atoms with van der Waals surface area (Å²) in [5, 5.41) is 37.1. The molecule has 0 fully saturated rings. The minimum atomic E-state index is -0.548. The van der Waals surface area contributed by atoms with Crippen LogP contribution in [0.15, 0.2) is 24.3 Å². The van der Waals surface area contributed by atoms with Gasteiger partial charge in [-0.25, -0.2) is 0 Å². The van der Waals surface area contributed by atoms with E-state index in [1.807, 2.05) is 12.1 Å². The van der Waals surface area contributed by atoms with Crippen molar-refractivity contribution in [3.05, 3.63) is 57.6 Å². The van der Waals surface area contributed by atoms with Crippen molar-refractivity contribution in [1.82, 2.24) is 0 Å². The van der Waals surface area contributed by atoms with E-state index in [0.717, 1.165) is 39.8 Å². The Morgan fingerprint density at radius 1 is 0.600 bits per heavy atom. The highest BCUT2D eigenvalue weighted by atomic mass is 32.1. The standard InChI is InChI=1S/C38H62O2S.C2H6O2/c1-11-12-13-14-15-16-17-18-19-20-21-27(2)26-38(41,30-24-32(36(5,6)7)34(39)22-28(30)3)31-25-33(37(8,9)10)35(40)23-29(31)4;3-1-2-4/h22-25,27,39-41H,11-21,26H2,1-10H3;3-4H,1-2H2. The van der Waals surface area contributed by atoms with Gasteiger partial charge in [0.2, 0.25) is 0 Å². The lowest BCUT2D eigenvalue weighted by molar-refractivity contribution is 0.186. The molecule has 1 atom stereocenters. The van der Waals surface area contributed by atoms with E-state index >= 15 is 0 Å². The third-order valence-corrected chi connectivity index (χ3v) is 9.65. The number of rotatable bonds is 16. The fraction of sp³-hybridized carbons (Fsp3) is 0.700. The highest BCUT2D eigenvalue weighted by molar-refractivity contribution is 7.81. The predicted molar refractivity (Wildman–Crippen MR) is 197 cm³/mol. The van der Waals surface area contributed by atoms with Crippen molar-refractivity contribution in [1.29, 1.82) is 0 Å². The summed E-state index contributed by atoms with van der Waals surface area (Å²) in [6, 6.07) is 8.25. The van der Waals surface area contributed by atoms with Crippen molar-refractivity contribution in [3.8, 4) is 11.5 Å². The first-order chi connectivity index (χ1) is 20.9. The Bertz CT molecular complexity index is 1070. The molecule has 0 aromatic heterocycles. The fourth-order valence-corrected chi connectivity index (χ4v) is 7.22. The highest BCUT2D eigenvalue weighted by Gasteiger charge is 2.37. The van der Waals surface area contributed by atoms with Crippen molar-refractivity contribution in [2.75, 3.05) is 13.2 Å². The predicted octanol–water partition coefficient (Wildman–Crippen LogP) is 10.8. The van der Waals surface area contributed by atoms with E-state index in [-0.39, 0.29) is 24.0 Å². The SMILES string of the molecule is CCCCCCCCCCCCC(C)CC(S)(c1cc(C(C)(C)C)c(O)cc1C)c1cc(C(C)(C)C)c(O)cc1C.OCCO.